The van der Waals surface area contributed by atoms with E-state index in [1.54, 1.807) is 6.33 Å². The van der Waals surface area contributed by atoms with Gasteiger partial charge in [0.15, 0.2) is 0 Å². The van der Waals surface area contributed by atoms with Gasteiger partial charge in [0.25, 0.3) is 0 Å². The van der Waals surface area contributed by atoms with Crippen LogP contribution in [0.25, 0.3) is 22.0 Å². The number of halogens is 3. The van der Waals surface area contributed by atoms with E-state index in [-0.39, 0.29) is 6.42 Å². The topological polar surface area (TPSA) is 59.6 Å². The van der Waals surface area contributed by atoms with Crippen LogP contribution >= 0.6 is 12.2 Å². The molecule has 0 unspecified atom stereocenters. The molecule has 0 saturated carbocycles. The molecule has 0 atom stereocenters. The van der Waals surface area contributed by atoms with Gasteiger partial charge in [0.2, 0.25) is 0 Å². The second-order valence-electron chi connectivity index (χ2n) is 8.18. The fourth-order valence-corrected chi connectivity index (χ4v) is 4.23. The molecule has 2 aromatic heterocycles. The molecule has 0 aliphatic rings. The van der Waals surface area contributed by atoms with Gasteiger partial charge in [0.1, 0.15) is 4.99 Å². The highest BCUT2D eigenvalue weighted by Gasteiger charge is 2.26. The van der Waals surface area contributed by atoms with Crippen LogP contribution in [0.2, 0.25) is 0 Å². The average molecular weight is 471 g/mol. The predicted molar refractivity (Wildman–Crippen MR) is 129 cm³/mol. The number of hydrogen-bond donors (Lipinski definition) is 2. The molecule has 2 aromatic carbocycles. The van der Waals surface area contributed by atoms with E-state index in [4.69, 9.17) is 18.0 Å². The number of rotatable bonds is 9. The SMILES string of the molecule is NC(=S)c1cccc(-c2cn(CCCC(F)(F)F)c3cc(CCCc4cnc[nH]4)ccc23)c1. The van der Waals surface area contributed by atoms with Gasteiger partial charge in [-0.3, -0.25) is 0 Å². The third-order valence-electron chi connectivity index (χ3n) is 5.73. The summed E-state index contributed by atoms with van der Waals surface area (Å²) in [4.78, 5) is 7.46. The molecule has 8 heteroatoms. The van der Waals surface area contributed by atoms with Crippen LogP contribution in [0, 0.1) is 0 Å². The standard InChI is InChI=1S/C25H25F3N4S/c26-25(27,28)10-3-11-32-15-22(18-5-2-6-19(13-18)24(29)33)21-9-8-17(12-23(21)32)4-1-7-20-14-30-16-31-20/h2,5-6,8-9,12-16H,1,3-4,7,10-11H2,(H2,29,33)(H,30,31). The minimum absolute atomic E-state index is 0.0314. The minimum Gasteiger partial charge on any atom is -0.389 e. The van der Waals surface area contributed by atoms with Gasteiger partial charge in [-0.15, -0.1) is 0 Å². The maximum atomic E-state index is 12.7. The molecular formula is C25H25F3N4S. The molecule has 2 heterocycles. The fraction of sp³-hybridized carbons (Fsp3) is 0.280. The number of nitrogens with zero attached hydrogens (tertiary/aromatic N) is 2. The molecule has 4 rings (SSSR count). The predicted octanol–water partition coefficient (Wildman–Crippen LogP) is 6.18. The molecule has 33 heavy (non-hydrogen) atoms. The summed E-state index contributed by atoms with van der Waals surface area (Å²) in [5, 5.41) is 0.999. The Morgan fingerprint density at radius 3 is 2.67 bits per heavy atom. The molecule has 4 aromatic rings. The van der Waals surface area contributed by atoms with Crippen molar-refractivity contribution in [1.82, 2.24) is 14.5 Å². The minimum atomic E-state index is -4.16. The highest BCUT2D eigenvalue weighted by molar-refractivity contribution is 7.80. The Hall–Kier alpha value is -3.13. The van der Waals surface area contributed by atoms with E-state index in [1.807, 2.05) is 41.2 Å². The van der Waals surface area contributed by atoms with Crippen LogP contribution in [0.3, 0.4) is 0 Å². The summed E-state index contributed by atoms with van der Waals surface area (Å²) in [5.74, 6) is 0. The first kappa shape index (κ1) is 23.0. The van der Waals surface area contributed by atoms with Crippen LogP contribution in [-0.4, -0.2) is 25.7 Å². The Balaban J connectivity index is 1.64. The molecule has 0 aliphatic carbocycles. The first-order valence-electron chi connectivity index (χ1n) is 10.9. The van der Waals surface area contributed by atoms with Crippen LogP contribution in [0.5, 0.6) is 0 Å². The summed E-state index contributed by atoms with van der Waals surface area (Å²) in [6.07, 6.45) is 3.21. The number of imidazole rings is 1. The van der Waals surface area contributed by atoms with E-state index in [1.165, 1.54) is 0 Å². The summed E-state index contributed by atoms with van der Waals surface area (Å²) in [5.41, 5.74) is 11.6. The lowest BCUT2D eigenvalue weighted by Crippen LogP contribution is -2.09. The van der Waals surface area contributed by atoms with Crippen LogP contribution in [-0.2, 0) is 19.4 Å². The number of alkyl halides is 3. The zero-order valence-corrected chi connectivity index (χ0v) is 18.8. The molecule has 0 amide bonds. The van der Waals surface area contributed by atoms with Gasteiger partial charge in [-0.05, 0) is 48.9 Å². The van der Waals surface area contributed by atoms with E-state index >= 15 is 0 Å². The third kappa shape index (κ3) is 5.82. The van der Waals surface area contributed by atoms with Crippen molar-refractivity contribution in [1.29, 1.82) is 0 Å². The van der Waals surface area contributed by atoms with E-state index in [9.17, 15) is 13.2 Å². The Kier molecular flexibility index (Phi) is 6.83. The molecule has 0 radical (unpaired) electrons. The van der Waals surface area contributed by atoms with Gasteiger partial charge in [-0.1, -0.05) is 42.5 Å². The second-order valence-corrected chi connectivity index (χ2v) is 8.62. The molecule has 0 bridgehead atoms. The van der Waals surface area contributed by atoms with E-state index in [0.717, 1.165) is 58.1 Å². The number of aromatic amines is 1. The quantitative estimate of drug-likeness (QED) is 0.287. The van der Waals surface area contributed by atoms with Gasteiger partial charge in [-0.2, -0.15) is 13.2 Å². The second kappa shape index (κ2) is 9.79. The lowest BCUT2D eigenvalue weighted by Gasteiger charge is -2.09. The number of hydrogen-bond acceptors (Lipinski definition) is 2. The van der Waals surface area contributed by atoms with Gasteiger partial charge < -0.3 is 15.3 Å². The molecule has 4 nitrogen and oxygen atoms in total. The Morgan fingerprint density at radius 1 is 1.09 bits per heavy atom. The average Bonchev–Trinajstić information content (AvgIpc) is 3.41. The van der Waals surface area contributed by atoms with Crippen LogP contribution < -0.4 is 5.73 Å². The number of fused-ring (bicyclic) bond motifs is 1. The van der Waals surface area contributed by atoms with Crippen molar-refractivity contribution in [3.8, 4) is 11.1 Å². The maximum absolute atomic E-state index is 12.7. The van der Waals surface area contributed by atoms with Crippen LogP contribution in [0.15, 0.2) is 61.2 Å². The van der Waals surface area contributed by atoms with Crippen LogP contribution in [0.4, 0.5) is 13.2 Å². The lowest BCUT2D eigenvalue weighted by molar-refractivity contribution is -0.135. The van der Waals surface area contributed by atoms with Crippen molar-refractivity contribution in [3.63, 3.8) is 0 Å². The van der Waals surface area contributed by atoms with Crippen molar-refractivity contribution < 1.29 is 13.2 Å². The summed E-state index contributed by atoms with van der Waals surface area (Å²) in [6.45, 7) is 0.294. The van der Waals surface area contributed by atoms with Crippen molar-refractivity contribution in [2.75, 3.05) is 0 Å². The van der Waals surface area contributed by atoms with Crippen molar-refractivity contribution in [2.24, 2.45) is 5.73 Å². The summed E-state index contributed by atoms with van der Waals surface area (Å²) >= 11 is 5.11. The van der Waals surface area contributed by atoms with Gasteiger partial charge >= 0.3 is 6.18 Å². The first-order valence-corrected chi connectivity index (χ1v) is 11.3. The summed E-state index contributed by atoms with van der Waals surface area (Å²) < 4.78 is 40.2. The van der Waals surface area contributed by atoms with E-state index in [2.05, 4.69) is 28.2 Å². The van der Waals surface area contributed by atoms with Gasteiger partial charge in [0.05, 0.1) is 6.33 Å². The van der Waals surface area contributed by atoms with E-state index < -0.39 is 12.6 Å². The number of aromatic nitrogens is 3. The van der Waals surface area contributed by atoms with Crippen molar-refractivity contribution in [2.45, 2.75) is 44.8 Å². The fourth-order valence-electron chi connectivity index (χ4n) is 4.10. The number of nitrogens with two attached hydrogens (primary N) is 1. The molecule has 0 fully saturated rings. The highest BCUT2D eigenvalue weighted by atomic mass is 32.1. The highest BCUT2D eigenvalue weighted by Crippen LogP contribution is 2.33. The largest absolute Gasteiger partial charge is 0.389 e. The zero-order valence-electron chi connectivity index (χ0n) is 18.0. The normalized spacial score (nSPS) is 11.8. The number of thiocarbonyl (C=S) groups is 1. The number of H-pyrrole nitrogens is 1. The molecular weight excluding hydrogens is 445 g/mol. The summed E-state index contributed by atoms with van der Waals surface area (Å²) in [6, 6.07) is 13.9. The maximum Gasteiger partial charge on any atom is 0.389 e. The Labute approximate surface area is 195 Å². The Bertz CT molecular complexity index is 1240. The molecule has 172 valence electrons. The summed E-state index contributed by atoms with van der Waals surface area (Å²) in [7, 11) is 0. The Morgan fingerprint density at radius 2 is 1.94 bits per heavy atom. The zero-order chi connectivity index (χ0) is 23.4. The number of nitrogens with one attached hydrogen (secondary N) is 1. The lowest BCUT2D eigenvalue weighted by atomic mass is 10.0. The molecule has 0 aliphatic heterocycles. The van der Waals surface area contributed by atoms with E-state index in [0.29, 0.717) is 11.5 Å². The third-order valence-corrected chi connectivity index (χ3v) is 5.97. The van der Waals surface area contributed by atoms with Crippen molar-refractivity contribution >= 4 is 28.1 Å². The molecule has 0 saturated heterocycles. The smallest absolute Gasteiger partial charge is 0.389 e. The molecule has 0 spiro atoms. The van der Waals surface area contributed by atoms with Gasteiger partial charge in [-0.25, -0.2) is 4.98 Å². The van der Waals surface area contributed by atoms with Crippen LogP contribution in [0.1, 0.15) is 36.1 Å². The number of aryl methyl sites for hydroxylation is 3. The van der Waals surface area contributed by atoms with Crippen molar-refractivity contribution in [3.05, 3.63) is 78.0 Å². The first-order chi connectivity index (χ1) is 15.8. The monoisotopic (exact) mass is 470 g/mol. The van der Waals surface area contributed by atoms with Gasteiger partial charge in [0, 0.05) is 53.1 Å². The molecule has 3 N–H and O–H groups in total. The number of benzene rings is 2.